The van der Waals surface area contributed by atoms with Gasteiger partial charge < -0.3 is 19.9 Å². The molecule has 1 fully saturated rings. The highest BCUT2D eigenvalue weighted by Gasteiger charge is 2.25. The van der Waals surface area contributed by atoms with Gasteiger partial charge in [-0.2, -0.15) is 0 Å². The Labute approximate surface area is 114 Å². The van der Waals surface area contributed by atoms with E-state index in [9.17, 15) is 9.59 Å². The number of ether oxygens (including phenoxy) is 1. The number of hydrogen-bond acceptors (Lipinski definition) is 4. The first-order chi connectivity index (χ1) is 8.95. The molecule has 2 amide bonds. The van der Waals surface area contributed by atoms with Crippen molar-refractivity contribution in [2.45, 2.75) is 18.9 Å². The van der Waals surface area contributed by atoms with Crippen LogP contribution in [-0.2, 0) is 9.53 Å². The smallest absolute Gasteiger partial charge is 0.407 e. The summed E-state index contributed by atoms with van der Waals surface area (Å²) in [6, 6.07) is 0.533. The van der Waals surface area contributed by atoms with Crippen LogP contribution in [-0.4, -0.2) is 68.7 Å². The van der Waals surface area contributed by atoms with Crippen LogP contribution in [0.5, 0.6) is 0 Å². The van der Waals surface area contributed by atoms with Crippen molar-refractivity contribution in [3.05, 3.63) is 12.2 Å². The van der Waals surface area contributed by atoms with Gasteiger partial charge in [-0.15, -0.1) is 0 Å². The summed E-state index contributed by atoms with van der Waals surface area (Å²) in [7, 11) is 5.40. The molecule has 0 aromatic carbocycles. The Balaban J connectivity index is 2.38. The van der Waals surface area contributed by atoms with Crippen molar-refractivity contribution >= 4 is 12.0 Å². The Bertz CT molecular complexity index is 347. The molecule has 1 heterocycles. The molecule has 0 unspecified atom stereocenters. The highest BCUT2D eigenvalue weighted by atomic mass is 16.5. The number of rotatable bonds is 4. The number of carbonyl (C=O) groups is 2. The van der Waals surface area contributed by atoms with E-state index in [1.807, 2.05) is 0 Å². The van der Waals surface area contributed by atoms with Gasteiger partial charge in [0, 0.05) is 24.7 Å². The molecule has 1 aliphatic heterocycles. The molecule has 6 nitrogen and oxygen atoms in total. The summed E-state index contributed by atoms with van der Waals surface area (Å²) in [5.74, 6) is -0.0893. The second-order valence-electron chi connectivity index (χ2n) is 4.94. The summed E-state index contributed by atoms with van der Waals surface area (Å²) < 4.78 is 4.44. The maximum atomic E-state index is 12.1. The number of alkyl carbamates (subject to hydrolysis) is 1. The second kappa shape index (κ2) is 7.13. The molecule has 0 atom stereocenters. The fourth-order valence-electron chi connectivity index (χ4n) is 2.14. The molecule has 0 aliphatic carbocycles. The number of amides is 2. The van der Waals surface area contributed by atoms with Gasteiger partial charge in [-0.05, 0) is 26.9 Å². The van der Waals surface area contributed by atoms with E-state index in [2.05, 4.69) is 35.6 Å². The van der Waals surface area contributed by atoms with Gasteiger partial charge in [0.05, 0.1) is 13.7 Å². The maximum absolute atomic E-state index is 12.1. The Morgan fingerprint density at radius 3 is 2.42 bits per heavy atom. The third-order valence-electron chi connectivity index (χ3n) is 3.42. The van der Waals surface area contributed by atoms with Crippen LogP contribution >= 0.6 is 0 Å². The number of likely N-dealkylation sites (tertiary alicyclic amines) is 1. The van der Waals surface area contributed by atoms with Crippen molar-refractivity contribution < 1.29 is 14.3 Å². The van der Waals surface area contributed by atoms with Crippen molar-refractivity contribution in [1.82, 2.24) is 15.1 Å². The minimum absolute atomic E-state index is 0.0893. The SMILES string of the molecule is C=C(CNC(=O)OC)C(=O)N1CCC(N(C)C)CC1. The molecule has 19 heavy (non-hydrogen) atoms. The molecule has 0 aromatic rings. The van der Waals surface area contributed by atoms with Gasteiger partial charge in [0.2, 0.25) is 0 Å². The van der Waals surface area contributed by atoms with Crippen LogP contribution in [0.4, 0.5) is 4.79 Å². The number of carbonyl (C=O) groups excluding carboxylic acids is 2. The van der Waals surface area contributed by atoms with Gasteiger partial charge in [-0.3, -0.25) is 4.79 Å². The molecular formula is C13H23N3O3. The average molecular weight is 269 g/mol. The van der Waals surface area contributed by atoms with Crippen LogP contribution in [0.25, 0.3) is 0 Å². The maximum Gasteiger partial charge on any atom is 0.407 e. The predicted octanol–water partition coefficient (Wildman–Crippen LogP) is 0.451. The van der Waals surface area contributed by atoms with Crippen LogP contribution in [0.1, 0.15) is 12.8 Å². The lowest BCUT2D eigenvalue weighted by molar-refractivity contribution is -0.128. The molecule has 0 spiro atoms. The molecular weight excluding hydrogens is 246 g/mol. The van der Waals surface area contributed by atoms with E-state index < -0.39 is 6.09 Å². The van der Waals surface area contributed by atoms with E-state index in [4.69, 9.17) is 0 Å². The fraction of sp³-hybridized carbons (Fsp3) is 0.692. The van der Waals surface area contributed by atoms with Crippen LogP contribution in [0.2, 0.25) is 0 Å². The first kappa shape index (κ1) is 15.5. The highest BCUT2D eigenvalue weighted by Crippen LogP contribution is 2.15. The number of methoxy groups -OCH3 is 1. The van der Waals surface area contributed by atoms with Crippen LogP contribution in [0.15, 0.2) is 12.2 Å². The van der Waals surface area contributed by atoms with Crippen molar-refractivity contribution in [3.8, 4) is 0 Å². The molecule has 108 valence electrons. The molecule has 0 bridgehead atoms. The normalized spacial score (nSPS) is 16.3. The van der Waals surface area contributed by atoms with E-state index in [1.165, 1.54) is 7.11 Å². The standard InChI is InChI=1S/C13H23N3O3/c1-10(9-14-13(18)19-4)12(17)16-7-5-11(6-8-16)15(2)3/h11H,1,5-9H2,2-4H3,(H,14,18). The predicted molar refractivity (Wildman–Crippen MR) is 72.8 cm³/mol. The van der Waals surface area contributed by atoms with E-state index in [0.717, 1.165) is 25.9 Å². The minimum atomic E-state index is -0.555. The van der Waals surface area contributed by atoms with Crippen LogP contribution < -0.4 is 5.32 Å². The molecule has 1 aliphatic rings. The fourth-order valence-corrected chi connectivity index (χ4v) is 2.14. The molecule has 1 N–H and O–H groups in total. The molecule has 0 radical (unpaired) electrons. The third-order valence-corrected chi connectivity index (χ3v) is 3.42. The lowest BCUT2D eigenvalue weighted by atomic mass is 10.0. The first-order valence-electron chi connectivity index (χ1n) is 6.41. The molecule has 1 saturated heterocycles. The van der Waals surface area contributed by atoms with E-state index in [0.29, 0.717) is 11.6 Å². The van der Waals surface area contributed by atoms with Gasteiger partial charge in [0.15, 0.2) is 0 Å². The third kappa shape index (κ3) is 4.55. The van der Waals surface area contributed by atoms with Gasteiger partial charge in [-0.1, -0.05) is 6.58 Å². The van der Waals surface area contributed by atoms with E-state index in [-0.39, 0.29) is 12.5 Å². The zero-order chi connectivity index (χ0) is 14.4. The lowest BCUT2D eigenvalue weighted by Gasteiger charge is -2.35. The van der Waals surface area contributed by atoms with Crippen molar-refractivity contribution in [3.63, 3.8) is 0 Å². The van der Waals surface area contributed by atoms with Crippen molar-refractivity contribution in [2.24, 2.45) is 0 Å². The Kier molecular flexibility index (Phi) is 5.82. The molecule has 0 saturated carbocycles. The first-order valence-corrected chi connectivity index (χ1v) is 6.41. The minimum Gasteiger partial charge on any atom is -0.453 e. The summed E-state index contributed by atoms with van der Waals surface area (Å²) in [6.45, 7) is 5.31. The summed E-state index contributed by atoms with van der Waals surface area (Å²) >= 11 is 0. The van der Waals surface area contributed by atoms with Crippen LogP contribution in [0, 0.1) is 0 Å². The summed E-state index contributed by atoms with van der Waals surface area (Å²) in [6.07, 6.45) is 1.38. The molecule has 0 aromatic heterocycles. The van der Waals surface area contributed by atoms with Gasteiger partial charge in [0.1, 0.15) is 0 Å². The molecule has 1 rings (SSSR count). The highest BCUT2D eigenvalue weighted by molar-refractivity contribution is 5.93. The number of nitrogens with one attached hydrogen (secondary N) is 1. The van der Waals surface area contributed by atoms with Crippen LogP contribution in [0.3, 0.4) is 0 Å². The topological polar surface area (TPSA) is 61.9 Å². The monoisotopic (exact) mass is 269 g/mol. The van der Waals surface area contributed by atoms with E-state index in [1.54, 1.807) is 4.90 Å². The zero-order valence-corrected chi connectivity index (χ0v) is 11.9. The summed E-state index contributed by atoms with van der Waals surface area (Å²) in [5.41, 5.74) is 0.383. The van der Waals surface area contributed by atoms with Gasteiger partial charge >= 0.3 is 6.09 Å². The largest absolute Gasteiger partial charge is 0.453 e. The Hall–Kier alpha value is -1.56. The summed E-state index contributed by atoms with van der Waals surface area (Å²) in [4.78, 5) is 27.0. The number of piperidine rings is 1. The Morgan fingerprint density at radius 2 is 1.95 bits per heavy atom. The Morgan fingerprint density at radius 1 is 1.37 bits per heavy atom. The molecule has 6 heteroatoms. The number of nitrogens with zero attached hydrogens (tertiary/aromatic N) is 2. The van der Waals surface area contributed by atoms with Gasteiger partial charge in [-0.25, -0.2) is 4.79 Å². The second-order valence-corrected chi connectivity index (χ2v) is 4.94. The number of hydrogen-bond donors (Lipinski definition) is 1. The lowest BCUT2D eigenvalue weighted by Crippen LogP contribution is -2.45. The average Bonchev–Trinajstić information content (AvgIpc) is 2.43. The quantitative estimate of drug-likeness (QED) is 0.753. The zero-order valence-electron chi connectivity index (χ0n) is 11.9. The van der Waals surface area contributed by atoms with E-state index >= 15 is 0 Å². The summed E-state index contributed by atoms with van der Waals surface area (Å²) in [5, 5.41) is 2.46. The van der Waals surface area contributed by atoms with Gasteiger partial charge in [0.25, 0.3) is 5.91 Å². The van der Waals surface area contributed by atoms with Crippen molar-refractivity contribution in [1.29, 1.82) is 0 Å². The van der Waals surface area contributed by atoms with Crippen molar-refractivity contribution in [2.75, 3.05) is 40.8 Å².